The molecule has 0 bridgehead atoms. The first kappa shape index (κ1) is 24.5. The molecular weight excluding hydrogens is 502 g/mol. The number of ether oxygens (including phenoxy) is 2. The maximum atomic E-state index is 6.10. The number of rotatable bonds is 7. The molecule has 0 amide bonds. The first-order valence-electron chi connectivity index (χ1n) is 13.7. The molecule has 0 radical (unpaired) electrons. The first-order chi connectivity index (χ1) is 20.3. The molecule has 0 aromatic heterocycles. The average molecular weight is 530 g/mol. The highest BCUT2D eigenvalue weighted by Crippen LogP contribution is 2.44. The molecule has 0 spiro atoms. The van der Waals surface area contributed by atoms with E-state index in [4.69, 9.17) is 9.47 Å². The van der Waals surface area contributed by atoms with Crippen LogP contribution in [0.5, 0.6) is 23.0 Å². The summed E-state index contributed by atoms with van der Waals surface area (Å²) in [6.45, 7) is 0. The van der Waals surface area contributed by atoms with Crippen LogP contribution >= 0.6 is 0 Å². The number of benzene rings is 7. The van der Waals surface area contributed by atoms with Crippen LogP contribution < -0.4 is 14.4 Å². The van der Waals surface area contributed by atoms with Gasteiger partial charge in [-0.2, -0.15) is 0 Å². The van der Waals surface area contributed by atoms with Crippen molar-refractivity contribution in [1.29, 1.82) is 0 Å². The number of nitrogens with zero attached hydrogens (tertiary/aromatic N) is 1. The molecule has 3 heteroatoms. The van der Waals surface area contributed by atoms with Gasteiger partial charge in [-0.15, -0.1) is 0 Å². The van der Waals surface area contributed by atoms with Gasteiger partial charge < -0.3 is 14.4 Å². The molecule has 0 aliphatic rings. The van der Waals surface area contributed by atoms with Gasteiger partial charge in [-0.1, -0.05) is 84.9 Å². The lowest BCUT2D eigenvalue weighted by molar-refractivity contribution is 0.482. The minimum atomic E-state index is 0.786. The smallest absolute Gasteiger partial charge is 0.127 e. The predicted molar refractivity (Wildman–Crippen MR) is 169 cm³/mol. The van der Waals surface area contributed by atoms with E-state index < -0.39 is 0 Å². The highest BCUT2D eigenvalue weighted by Gasteiger charge is 2.19. The van der Waals surface area contributed by atoms with Crippen molar-refractivity contribution in [3.8, 4) is 23.0 Å². The Morgan fingerprint density at radius 2 is 0.707 bits per heavy atom. The lowest BCUT2D eigenvalue weighted by atomic mass is 9.99. The molecule has 7 aromatic rings. The second kappa shape index (κ2) is 10.9. The summed E-state index contributed by atoms with van der Waals surface area (Å²) in [4.78, 5) is 2.32. The lowest BCUT2D eigenvalue weighted by Gasteiger charge is -2.28. The summed E-state index contributed by atoms with van der Waals surface area (Å²) < 4.78 is 12.2. The lowest BCUT2D eigenvalue weighted by Crippen LogP contribution is -2.11. The predicted octanol–water partition coefficient (Wildman–Crippen LogP) is 11.0. The zero-order chi connectivity index (χ0) is 27.4. The highest BCUT2D eigenvalue weighted by atomic mass is 16.5. The normalized spacial score (nSPS) is 10.9. The summed E-state index contributed by atoms with van der Waals surface area (Å²) in [5.41, 5.74) is 3.19. The Bertz CT molecular complexity index is 1780. The summed E-state index contributed by atoms with van der Waals surface area (Å²) in [6.07, 6.45) is 0. The van der Waals surface area contributed by atoms with Gasteiger partial charge in [0.05, 0.1) is 5.69 Å². The Hall–Kier alpha value is -5.54. The SMILES string of the molecule is c1ccc(Oc2ccc(N(c3ccc(Oc4ccccc4)cc3)c3c4ccccc4cc4ccccc34)cc2)cc1. The fourth-order valence-corrected chi connectivity index (χ4v) is 5.21. The molecule has 7 aromatic carbocycles. The van der Waals surface area contributed by atoms with Crippen molar-refractivity contribution >= 4 is 38.6 Å². The Labute approximate surface area is 239 Å². The van der Waals surface area contributed by atoms with Crippen molar-refractivity contribution in [2.24, 2.45) is 0 Å². The minimum absolute atomic E-state index is 0.786. The summed E-state index contributed by atoms with van der Waals surface area (Å²) in [5.74, 6) is 3.20. The fraction of sp³-hybridized carbons (Fsp3) is 0. The second-order valence-corrected chi connectivity index (χ2v) is 9.82. The van der Waals surface area contributed by atoms with Gasteiger partial charge in [0.15, 0.2) is 0 Å². The maximum Gasteiger partial charge on any atom is 0.127 e. The van der Waals surface area contributed by atoms with Crippen molar-refractivity contribution in [2.75, 3.05) is 4.90 Å². The molecule has 41 heavy (non-hydrogen) atoms. The molecule has 7 rings (SSSR count). The molecule has 0 aliphatic carbocycles. The molecule has 0 heterocycles. The Morgan fingerprint density at radius 1 is 0.341 bits per heavy atom. The van der Waals surface area contributed by atoms with Gasteiger partial charge in [0.2, 0.25) is 0 Å². The Kier molecular flexibility index (Phi) is 6.52. The van der Waals surface area contributed by atoms with Crippen molar-refractivity contribution in [3.63, 3.8) is 0 Å². The average Bonchev–Trinajstić information content (AvgIpc) is 3.03. The van der Waals surface area contributed by atoms with Crippen LogP contribution in [0.3, 0.4) is 0 Å². The summed E-state index contributed by atoms with van der Waals surface area (Å²) in [7, 11) is 0. The van der Waals surface area contributed by atoms with Gasteiger partial charge in [-0.25, -0.2) is 0 Å². The molecule has 0 N–H and O–H groups in total. The van der Waals surface area contributed by atoms with E-state index in [1.807, 2.05) is 84.9 Å². The first-order valence-corrected chi connectivity index (χ1v) is 13.7. The zero-order valence-corrected chi connectivity index (χ0v) is 22.4. The van der Waals surface area contributed by atoms with E-state index in [-0.39, 0.29) is 0 Å². The largest absolute Gasteiger partial charge is 0.457 e. The van der Waals surface area contributed by atoms with E-state index >= 15 is 0 Å². The van der Waals surface area contributed by atoms with E-state index in [2.05, 4.69) is 83.8 Å². The summed E-state index contributed by atoms with van der Waals surface area (Å²) in [6, 6.07) is 55.7. The molecule has 0 atom stereocenters. The molecule has 0 saturated heterocycles. The Morgan fingerprint density at radius 3 is 1.15 bits per heavy atom. The zero-order valence-electron chi connectivity index (χ0n) is 22.4. The molecule has 0 fully saturated rings. The van der Waals surface area contributed by atoms with Gasteiger partial charge in [0.1, 0.15) is 23.0 Å². The molecule has 0 aliphatic heterocycles. The number of hydrogen-bond donors (Lipinski definition) is 0. The molecule has 3 nitrogen and oxygen atoms in total. The summed E-state index contributed by atoms with van der Waals surface area (Å²) in [5, 5.41) is 4.75. The van der Waals surface area contributed by atoms with Crippen LogP contribution in [0, 0.1) is 0 Å². The van der Waals surface area contributed by atoms with Crippen LogP contribution in [-0.4, -0.2) is 0 Å². The fourth-order valence-electron chi connectivity index (χ4n) is 5.21. The topological polar surface area (TPSA) is 21.7 Å². The van der Waals surface area contributed by atoms with Crippen molar-refractivity contribution in [3.05, 3.63) is 164 Å². The van der Waals surface area contributed by atoms with Crippen molar-refractivity contribution in [2.45, 2.75) is 0 Å². The molecule has 0 unspecified atom stereocenters. The van der Waals surface area contributed by atoms with Crippen LogP contribution in [-0.2, 0) is 0 Å². The van der Waals surface area contributed by atoms with Crippen molar-refractivity contribution < 1.29 is 9.47 Å². The third-order valence-electron chi connectivity index (χ3n) is 7.11. The number of para-hydroxylation sites is 2. The number of anilines is 3. The standard InChI is InChI=1S/C38H27NO2/c1-3-13-32(14-4-1)40-34-23-19-30(20-24-34)39(31-21-25-35(26-22-31)41-33-15-5-2-6-16-33)38-36-17-9-7-11-28(36)27-29-12-8-10-18-37(29)38/h1-27H. The molecular formula is C38H27NO2. The van der Waals surface area contributed by atoms with E-state index in [0.29, 0.717) is 0 Å². The highest BCUT2D eigenvalue weighted by molar-refractivity contribution is 6.14. The maximum absolute atomic E-state index is 6.10. The second-order valence-electron chi connectivity index (χ2n) is 9.82. The van der Waals surface area contributed by atoms with Gasteiger partial charge >= 0.3 is 0 Å². The monoisotopic (exact) mass is 529 g/mol. The van der Waals surface area contributed by atoms with Gasteiger partial charge in [-0.3, -0.25) is 0 Å². The van der Waals surface area contributed by atoms with E-state index in [1.165, 1.54) is 21.5 Å². The molecule has 196 valence electrons. The molecule has 0 saturated carbocycles. The van der Waals surface area contributed by atoms with Crippen LogP contribution in [0.15, 0.2) is 164 Å². The van der Waals surface area contributed by atoms with Crippen LogP contribution in [0.25, 0.3) is 21.5 Å². The minimum Gasteiger partial charge on any atom is -0.457 e. The number of fused-ring (bicyclic) bond motifs is 2. The third-order valence-corrected chi connectivity index (χ3v) is 7.11. The van der Waals surface area contributed by atoms with Gasteiger partial charge in [0, 0.05) is 22.1 Å². The summed E-state index contributed by atoms with van der Waals surface area (Å²) >= 11 is 0. The number of hydrogen-bond acceptors (Lipinski definition) is 3. The van der Waals surface area contributed by atoms with Crippen LogP contribution in [0.4, 0.5) is 17.1 Å². The van der Waals surface area contributed by atoms with Crippen LogP contribution in [0.1, 0.15) is 0 Å². The Balaban J connectivity index is 1.36. The van der Waals surface area contributed by atoms with Gasteiger partial charge in [-0.05, 0) is 89.6 Å². The van der Waals surface area contributed by atoms with Gasteiger partial charge in [0.25, 0.3) is 0 Å². The van der Waals surface area contributed by atoms with Crippen molar-refractivity contribution in [1.82, 2.24) is 0 Å². The quantitative estimate of drug-likeness (QED) is 0.192. The van der Waals surface area contributed by atoms with Crippen LogP contribution in [0.2, 0.25) is 0 Å². The van der Waals surface area contributed by atoms with E-state index in [9.17, 15) is 0 Å². The van der Waals surface area contributed by atoms with E-state index in [0.717, 1.165) is 40.1 Å². The third kappa shape index (κ3) is 5.09. The van der Waals surface area contributed by atoms with E-state index in [1.54, 1.807) is 0 Å².